The summed E-state index contributed by atoms with van der Waals surface area (Å²) in [7, 11) is 1.54. The van der Waals surface area contributed by atoms with E-state index in [1.165, 1.54) is 27.8 Å². The first-order valence-electron chi connectivity index (χ1n) is 11.7. The van der Waals surface area contributed by atoms with Crippen LogP contribution in [0.15, 0.2) is 35.3 Å². The summed E-state index contributed by atoms with van der Waals surface area (Å²) in [6.07, 6.45) is 0.625. The molecule has 2 aliphatic rings. The largest absolute Gasteiger partial charge is 0.465 e. The molecule has 1 saturated heterocycles. The maximum absolute atomic E-state index is 14.8. The normalized spacial score (nSPS) is 16.9. The van der Waals surface area contributed by atoms with Crippen LogP contribution in [0.1, 0.15) is 5.56 Å². The smallest absolute Gasteiger partial charge is 0.416 e. The van der Waals surface area contributed by atoms with Gasteiger partial charge >= 0.3 is 6.09 Å². The minimum Gasteiger partial charge on any atom is -0.465 e. The van der Waals surface area contributed by atoms with Crippen molar-refractivity contribution in [2.75, 3.05) is 50.2 Å². The molecule has 5 rings (SSSR count). The summed E-state index contributed by atoms with van der Waals surface area (Å²) in [6, 6.07) is 6.20. The Morgan fingerprint density at radius 2 is 2.08 bits per heavy atom. The van der Waals surface area contributed by atoms with Gasteiger partial charge in [-0.3, -0.25) is 14.5 Å². The average molecular weight is 512 g/mol. The van der Waals surface area contributed by atoms with Crippen LogP contribution in [-0.4, -0.2) is 72.6 Å². The van der Waals surface area contributed by atoms with E-state index in [4.69, 9.17) is 14.2 Å². The number of nitrogens with one attached hydrogen (secondary N) is 2. The maximum atomic E-state index is 14.8. The summed E-state index contributed by atoms with van der Waals surface area (Å²) in [4.78, 5) is 46.1. The lowest BCUT2D eigenvalue weighted by molar-refractivity contribution is -0.118. The number of hydrogen-bond donors (Lipinski definition) is 2. The standard InChI is InChI=1S/C24H25FN6O6/c1-35-9-8-30-20(33)5-3-14-2-4-17(25)16(21(14)30)6-7-26-10-15-12-31(24(34)37-15)18-11-27-23-22(28-18)29-19(32)13-36-23/h2-5,11,15,26H,6-10,12-13H2,1H3,(H,28,29,32). The fraction of sp³-hybridized carbons (Fsp3) is 0.375. The summed E-state index contributed by atoms with van der Waals surface area (Å²) < 4.78 is 32.1. The Balaban J connectivity index is 1.22. The molecule has 1 atom stereocenters. The van der Waals surface area contributed by atoms with Gasteiger partial charge in [-0.05, 0) is 36.6 Å². The van der Waals surface area contributed by atoms with Gasteiger partial charge in [-0.15, -0.1) is 0 Å². The number of halogens is 1. The van der Waals surface area contributed by atoms with E-state index in [0.29, 0.717) is 43.7 Å². The molecule has 0 spiro atoms. The van der Waals surface area contributed by atoms with E-state index in [0.717, 1.165) is 5.39 Å². The molecular formula is C24H25FN6O6. The first-order valence-corrected chi connectivity index (χ1v) is 11.7. The highest BCUT2D eigenvalue weighted by Crippen LogP contribution is 2.27. The van der Waals surface area contributed by atoms with E-state index in [-0.39, 0.29) is 42.1 Å². The fourth-order valence-electron chi connectivity index (χ4n) is 4.37. The van der Waals surface area contributed by atoms with Crippen LogP contribution in [-0.2, 0) is 27.2 Å². The second-order valence-corrected chi connectivity index (χ2v) is 8.57. The van der Waals surface area contributed by atoms with Crippen molar-refractivity contribution in [3.63, 3.8) is 0 Å². The SMILES string of the molecule is COCCn1c(=O)ccc2ccc(F)c(CCNCC3CN(c4cnc5c(n4)NC(=O)CO5)C(=O)O3)c21. The first kappa shape index (κ1) is 24.6. The number of hydrogen-bond acceptors (Lipinski definition) is 9. The van der Waals surface area contributed by atoms with Gasteiger partial charge in [-0.2, -0.15) is 0 Å². The molecule has 2 amide bonds. The number of benzene rings is 1. The molecule has 1 fully saturated rings. The van der Waals surface area contributed by atoms with Gasteiger partial charge in [0.2, 0.25) is 0 Å². The molecule has 1 aromatic carbocycles. The van der Waals surface area contributed by atoms with Crippen molar-refractivity contribution in [2.24, 2.45) is 0 Å². The van der Waals surface area contributed by atoms with Crippen molar-refractivity contribution >= 4 is 34.5 Å². The number of methoxy groups -OCH3 is 1. The average Bonchev–Trinajstić information content (AvgIpc) is 3.26. The molecule has 37 heavy (non-hydrogen) atoms. The summed E-state index contributed by atoms with van der Waals surface area (Å²) in [5.41, 5.74) is 0.753. The van der Waals surface area contributed by atoms with Crippen LogP contribution in [0.5, 0.6) is 5.88 Å². The highest BCUT2D eigenvalue weighted by Gasteiger charge is 2.34. The first-order chi connectivity index (χ1) is 17.9. The van der Waals surface area contributed by atoms with Crippen molar-refractivity contribution < 1.29 is 28.2 Å². The van der Waals surface area contributed by atoms with Gasteiger partial charge in [0.05, 0.1) is 24.9 Å². The summed E-state index contributed by atoms with van der Waals surface area (Å²) in [5.74, 6) is -0.203. The third kappa shape index (κ3) is 5.08. The maximum Gasteiger partial charge on any atom is 0.416 e. The zero-order chi connectivity index (χ0) is 25.9. The molecule has 4 heterocycles. The van der Waals surface area contributed by atoms with Crippen molar-refractivity contribution in [3.8, 4) is 5.88 Å². The Morgan fingerprint density at radius 3 is 2.92 bits per heavy atom. The van der Waals surface area contributed by atoms with Gasteiger partial charge in [0, 0.05) is 31.8 Å². The minimum absolute atomic E-state index is 0.143. The third-order valence-electron chi connectivity index (χ3n) is 6.12. The van der Waals surface area contributed by atoms with Crippen molar-refractivity contribution in [3.05, 3.63) is 52.2 Å². The Labute approximate surface area is 210 Å². The van der Waals surface area contributed by atoms with Gasteiger partial charge in [0.15, 0.2) is 18.2 Å². The van der Waals surface area contributed by atoms with Crippen molar-refractivity contribution in [1.29, 1.82) is 0 Å². The number of carbonyl (C=O) groups excluding carboxylic acids is 2. The molecule has 12 nitrogen and oxygen atoms in total. The van der Waals surface area contributed by atoms with Crippen molar-refractivity contribution in [1.82, 2.24) is 19.9 Å². The van der Waals surface area contributed by atoms with E-state index in [2.05, 4.69) is 20.6 Å². The molecular weight excluding hydrogens is 487 g/mol. The van der Waals surface area contributed by atoms with Gasteiger partial charge in [-0.25, -0.2) is 19.2 Å². The molecule has 1 unspecified atom stereocenters. The zero-order valence-corrected chi connectivity index (χ0v) is 20.0. The molecule has 13 heteroatoms. The lowest BCUT2D eigenvalue weighted by Gasteiger charge is -2.18. The number of fused-ring (bicyclic) bond motifs is 2. The summed E-state index contributed by atoms with van der Waals surface area (Å²) in [6.45, 7) is 1.42. The molecule has 2 aliphatic heterocycles. The Hall–Kier alpha value is -4.10. The molecule has 3 aromatic rings. The van der Waals surface area contributed by atoms with Gasteiger partial charge in [0.1, 0.15) is 11.9 Å². The molecule has 0 radical (unpaired) electrons. The Bertz CT molecular complexity index is 1410. The van der Waals surface area contributed by atoms with Crippen LogP contribution in [0.4, 0.5) is 20.8 Å². The quantitative estimate of drug-likeness (QED) is 0.403. The highest BCUT2D eigenvalue weighted by molar-refractivity contribution is 5.94. The number of aromatic nitrogens is 3. The molecule has 2 aromatic heterocycles. The third-order valence-corrected chi connectivity index (χ3v) is 6.12. The van der Waals surface area contributed by atoms with E-state index in [9.17, 15) is 18.8 Å². The van der Waals surface area contributed by atoms with Crippen LogP contribution in [0.25, 0.3) is 10.9 Å². The van der Waals surface area contributed by atoms with E-state index in [1.807, 2.05) is 0 Å². The predicted octanol–water partition coefficient (Wildman–Crippen LogP) is 1.07. The van der Waals surface area contributed by atoms with Crippen molar-refractivity contribution in [2.45, 2.75) is 19.1 Å². The van der Waals surface area contributed by atoms with E-state index >= 15 is 0 Å². The highest BCUT2D eigenvalue weighted by atomic mass is 19.1. The number of ether oxygens (including phenoxy) is 3. The topological polar surface area (TPSA) is 137 Å². The van der Waals surface area contributed by atoms with Crippen LogP contribution >= 0.6 is 0 Å². The fourth-order valence-corrected chi connectivity index (χ4v) is 4.37. The van der Waals surface area contributed by atoms with Gasteiger partial charge in [0.25, 0.3) is 17.3 Å². The van der Waals surface area contributed by atoms with Crippen LogP contribution < -0.4 is 25.8 Å². The number of anilines is 2. The molecule has 2 N–H and O–H groups in total. The monoisotopic (exact) mass is 512 g/mol. The minimum atomic E-state index is -0.591. The number of pyridine rings is 1. The number of nitrogens with zero attached hydrogens (tertiary/aromatic N) is 4. The number of amides is 2. The lowest BCUT2D eigenvalue weighted by Crippen LogP contribution is -2.33. The summed E-state index contributed by atoms with van der Waals surface area (Å²) >= 11 is 0. The van der Waals surface area contributed by atoms with Crippen LogP contribution in [0.2, 0.25) is 0 Å². The van der Waals surface area contributed by atoms with E-state index < -0.39 is 18.0 Å². The summed E-state index contributed by atoms with van der Waals surface area (Å²) in [5, 5.41) is 6.52. The Kier molecular flexibility index (Phi) is 6.97. The number of rotatable bonds is 9. The Morgan fingerprint density at radius 1 is 1.24 bits per heavy atom. The zero-order valence-electron chi connectivity index (χ0n) is 20.0. The predicted molar refractivity (Wildman–Crippen MR) is 130 cm³/mol. The molecule has 0 saturated carbocycles. The second kappa shape index (κ2) is 10.5. The van der Waals surface area contributed by atoms with Gasteiger partial charge < -0.3 is 29.4 Å². The number of carbonyl (C=O) groups is 2. The molecule has 194 valence electrons. The molecule has 0 bridgehead atoms. The van der Waals surface area contributed by atoms with E-state index in [1.54, 1.807) is 19.2 Å². The van der Waals surface area contributed by atoms with Gasteiger partial charge in [-0.1, -0.05) is 0 Å². The lowest BCUT2D eigenvalue weighted by atomic mass is 10.1. The number of cyclic esters (lactones) is 1. The van der Waals surface area contributed by atoms with Crippen LogP contribution in [0, 0.1) is 5.82 Å². The molecule has 0 aliphatic carbocycles. The second-order valence-electron chi connectivity index (χ2n) is 8.57. The van der Waals surface area contributed by atoms with Crippen LogP contribution in [0.3, 0.4) is 0 Å².